The largest absolute Gasteiger partial charge is 0.496 e. The summed E-state index contributed by atoms with van der Waals surface area (Å²) < 4.78 is 10.3. The molecule has 1 amide bonds. The molecule has 0 aliphatic carbocycles. The maximum absolute atomic E-state index is 12.1. The summed E-state index contributed by atoms with van der Waals surface area (Å²) in [6.45, 7) is 0.0381. The standard InChI is InChI=1S/C20H20ClNO4/c1-22(13-16-5-3-4-6-18(16)25-2)19(23)14-26-20(24)12-9-15-7-10-17(21)11-8-15/h3-12H,13-14H2,1-2H3/b12-9+. The van der Waals surface area contributed by atoms with Gasteiger partial charge in [0.1, 0.15) is 5.75 Å². The summed E-state index contributed by atoms with van der Waals surface area (Å²) in [7, 11) is 3.22. The molecule has 0 saturated heterocycles. The lowest BCUT2D eigenvalue weighted by Crippen LogP contribution is -2.30. The normalized spacial score (nSPS) is 10.6. The number of hydrogen-bond acceptors (Lipinski definition) is 4. The molecule has 6 heteroatoms. The second-order valence-electron chi connectivity index (χ2n) is 5.55. The Bertz CT molecular complexity index is 787. The highest BCUT2D eigenvalue weighted by Crippen LogP contribution is 2.18. The number of benzene rings is 2. The number of likely N-dealkylation sites (N-methyl/N-ethyl adjacent to an activating group) is 1. The van der Waals surface area contributed by atoms with Crippen LogP contribution in [0.15, 0.2) is 54.6 Å². The van der Waals surface area contributed by atoms with Crippen LogP contribution in [0.3, 0.4) is 0 Å². The van der Waals surface area contributed by atoms with Crippen LogP contribution >= 0.6 is 11.6 Å². The fourth-order valence-electron chi connectivity index (χ4n) is 2.21. The zero-order chi connectivity index (χ0) is 18.9. The Labute approximate surface area is 157 Å². The van der Waals surface area contributed by atoms with Gasteiger partial charge in [-0.1, -0.05) is 41.9 Å². The number of ether oxygens (including phenoxy) is 2. The van der Waals surface area contributed by atoms with Crippen LogP contribution in [0.4, 0.5) is 0 Å². The summed E-state index contributed by atoms with van der Waals surface area (Å²) in [6.07, 6.45) is 2.87. The van der Waals surface area contributed by atoms with E-state index in [0.29, 0.717) is 17.3 Å². The Hall–Kier alpha value is -2.79. The average molecular weight is 374 g/mol. The number of nitrogens with zero attached hydrogens (tertiary/aromatic N) is 1. The molecular weight excluding hydrogens is 354 g/mol. The number of rotatable bonds is 7. The van der Waals surface area contributed by atoms with Crippen LogP contribution in [0, 0.1) is 0 Å². The van der Waals surface area contributed by atoms with E-state index in [9.17, 15) is 9.59 Å². The molecule has 2 aromatic rings. The number of hydrogen-bond donors (Lipinski definition) is 0. The molecule has 0 aliphatic rings. The molecule has 0 unspecified atom stereocenters. The van der Waals surface area contributed by atoms with Crippen LogP contribution in [0.25, 0.3) is 6.08 Å². The van der Waals surface area contributed by atoms with Crippen LogP contribution in [-0.2, 0) is 20.9 Å². The highest BCUT2D eigenvalue weighted by Gasteiger charge is 2.13. The van der Waals surface area contributed by atoms with E-state index in [1.807, 2.05) is 24.3 Å². The Morgan fingerprint density at radius 3 is 2.50 bits per heavy atom. The first-order valence-corrected chi connectivity index (χ1v) is 8.33. The molecule has 26 heavy (non-hydrogen) atoms. The van der Waals surface area contributed by atoms with Gasteiger partial charge in [0.25, 0.3) is 5.91 Å². The van der Waals surface area contributed by atoms with E-state index >= 15 is 0 Å². The van der Waals surface area contributed by atoms with Crippen LogP contribution in [0.1, 0.15) is 11.1 Å². The molecule has 0 aromatic heterocycles. The van der Waals surface area contributed by atoms with Crippen LogP contribution < -0.4 is 4.74 Å². The molecule has 0 bridgehead atoms. The number of esters is 1. The number of halogens is 1. The van der Waals surface area contributed by atoms with Crippen molar-refractivity contribution in [1.29, 1.82) is 0 Å². The summed E-state index contributed by atoms with van der Waals surface area (Å²) in [5.74, 6) is -0.182. The Morgan fingerprint density at radius 1 is 1.12 bits per heavy atom. The average Bonchev–Trinajstić information content (AvgIpc) is 2.66. The number of amides is 1. The van der Waals surface area contributed by atoms with Crippen LogP contribution in [0.2, 0.25) is 5.02 Å². The second kappa shape index (κ2) is 9.63. The predicted molar refractivity (Wildman–Crippen MR) is 101 cm³/mol. The van der Waals surface area contributed by atoms with Gasteiger partial charge in [0.2, 0.25) is 0 Å². The van der Waals surface area contributed by atoms with Gasteiger partial charge in [0.15, 0.2) is 6.61 Å². The van der Waals surface area contributed by atoms with Crippen molar-refractivity contribution in [2.75, 3.05) is 20.8 Å². The topological polar surface area (TPSA) is 55.8 Å². The third-order valence-electron chi connectivity index (χ3n) is 3.65. The minimum Gasteiger partial charge on any atom is -0.496 e. The third-order valence-corrected chi connectivity index (χ3v) is 3.90. The summed E-state index contributed by atoms with van der Waals surface area (Å²) in [5.41, 5.74) is 1.69. The monoisotopic (exact) mass is 373 g/mol. The van der Waals surface area contributed by atoms with Gasteiger partial charge >= 0.3 is 5.97 Å². The molecular formula is C20H20ClNO4. The van der Waals surface area contributed by atoms with Crippen molar-refractivity contribution >= 4 is 29.6 Å². The van der Waals surface area contributed by atoms with E-state index in [2.05, 4.69) is 0 Å². The van der Waals surface area contributed by atoms with E-state index in [0.717, 1.165) is 11.1 Å². The van der Waals surface area contributed by atoms with Crippen LogP contribution in [-0.4, -0.2) is 37.5 Å². The number of carbonyl (C=O) groups is 2. The first-order chi connectivity index (χ1) is 12.5. The van der Waals surface area contributed by atoms with Crippen molar-refractivity contribution in [2.24, 2.45) is 0 Å². The maximum Gasteiger partial charge on any atom is 0.331 e. The van der Waals surface area contributed by atoms with Crippen molar-refractivity contribution in [3.8, 4) is 5.75 Å². The SMILES string of the molecule is COc1ccccc1CN(C)C(=O)COC(=O)/C=C/c1ccc(Cl)cc1. The van der Waals surface area contributed by atoms with Gasteiger partial charge in [0, 0.05) is 30.3 Å². The summed E-state index contributed by atoms with van der Waals surface area (Å²) in [6, 6.07) is 14.4. The smallest absolute Gasteiger partial charge is 0.331 e. The number of methoxy groups -OCH3 is 1. The van der Waals surface area contributed by atoms with Crippen molar-refractivity contribution in [1.82, 2.24) is 4.90 Å². The number of carbonyl (C=O) groups excluding carboxylic acids is 2. The fourth-order valence-corrected chi connectivity index (χ4v) is 2.33. The van der Waals surface area contributed by atoms with E-state index in [1.54, 1.807) is 44.5 Å². The molecule has 136 valence electrons. The minimum atomic E-state index is -0.584. The fraction of sp³-hybridized carbons (Fsp3) is 0.200. The highest BCUT2D eigenvalue weighted by molar-refractivity contribution is 6.30. The molecule has 0 N–H and O–H groups in total. The van der Waals surface area contributed by atoms with Gasteiger partial charge in [-0.3, -0.25) is 4.79 Å². The molecule has 0 radical (unpaired) electrons. The van der Waals surface area contributed by atoms with E-state index in [4.69, 9.17) is 21.1 Å². The summed E-state index contributed by atoms with van der Waals surface area (Å²) in [4.78, 5) is 25.4. The van der Waals surface area contributed by atoms with Crippen molar-refractivity contribution in [2.45, 2.75) is 6.54 Å². The quantitative estimate of drug-likeness (QED) is 0.550. The van der Waals surface area contributed by atoms with Gasteiger partial charge in [-0.2, -0.15) is 0 Å². The molecule has 0 heterocycles. The van der Waals surface area contributed by atoms with Gasteiger partial charge < -0.3 is 14.4 Å². The molecule has 0 saturated carbocycles. The Kier molecular flexibility index (Phi) is 7.24. The first-order valence-electron chi connectivity index (χ1n) is 7.96. The van der Waals surface area contributed by atoms with Crippen molar-refractivity contribution in [3.05, 3.63) is 70.8 Å². The highest BCUT2D eigenvalue weighted by atomic mass is 35.5. The zero-order valence-electron chi connectivity index (χ0n) is 14.6. The molecule has 2 rings (SSSR count). The van der Waals surface area contributed by atoms with E-state index in [-0.39, 0.29) is 12.5 Å². The predicted octanol–water partition coefficient (Wildman–Crippen LogP) is 3.56. The molecule has 0 spiro atoms. The molecule has 0 fully saturated rings. The van der Waals surface area contributed by atoms with Gasteiger partial charge in [-0.05, 0) is 29.8 Å². The lowest BCUT2D eigenvalue weighted by molar-refractivity contribution is -0.147. The van der Waals surface area contributed by atoms with E-state index < -0.39 is 5.97 Å². The maximum atomic E-state index is 12.1. The van der Waals surface area contributed by atoms with Gasteiger partial charge in [0.05, 0.1) is 7.11 Å². The molecule has 0 aliphatic heterocycles. The Morgan fingerprint density at radius 2 is 1.81 bits per heavy atom. The van der Waals surface area contributed by atoms with Crippen LogP contribution in [0.5, 0.6) is 5.75 Å². The third kappa shape index (κ3) is 5.93. The molecule has 0 atom stereocenters. The van der Waals surface area contributed by atoms with Gasteiger partial charge in [-0.15, -0.1) is 0 Å². The van der Waals surface area contributed by atoms with E-state index in [1.165, 1.54) is 11.0 Å². The molecule has 5 nitrogen and oxygen atoms in total. The molecule has 2 aromatic carbocycles. The summed E-state index contributed by atoms with van der Waals surface area (Å²) >= 11 is 5.80. The first kappa shape index (κ1) is 19.5. The minimum absolute atomic E-state index is 0.302. The zero-order valence-corrected chi connectivity index (χ0v) is 15.4. The van der Waals surface area contributed by atoms with Gasteiger partial charge in [-0.25, -0.2) is 4.79 Å². The Balaban J connectivity index is 1.83. The second-order valence-corrected chi connectivity index (χ2v) is 5.99. The van der Waals surface area contributed by atoms with Crippen molar-refractivity contribution < 1.29 is 19.1 Å². The summed E-state index contributed by atoms with van der Waals surface area (Å²) in [5, 5.41) is 0.619. The lowest BCUT2D eigenvalue weighted by atomic mass is 10.2. The van der Waals surface area contributed by atoms with Crippen molar-refractivity contribution in [3.63, 3.8) is 0 Å². The lowest BCUT2D eigenvalue weighted by Gasteiger charge is -2.18. The number of para-hydroxylation sites is 1.